The second-order valence-electron chi connectivity index (χ2n) is 8.14. The molecule has 0 aliphatic carbocycles. The quantitative estimate of drug-likeness (QED) is 0.132. The zero-order valence-corrected chi connectivity index (χ0v) is 22.0. The summed E-state index contributed by atoms with van der Waals surface area (Å²) in [6.07, 6.45) is 31.2. The number of halogens is 1. The minimum atomic E-state index is 0. The molecule has 0 heterocycles. The van der Waals surface area contributed by atoms with Gasteiger partial charge in [0.2, 0.25) is 0 Å². The van der Waals surface area contributed by atoms with Gasteiger partial charge in [0.1, 0.15) is 0 Å². The van der Waals surface area contributed by atoms with Crippen LogP contribution in [0, 0.1) is 0 Å². The van der Waals surface area contributed by atoms with Gasteiger partial charge in [-0.2, -0.15) is 0 Å². The lowest BCUT2D eigenvalue weighted by atomic mass is 10.1. The predicted molar refractivity (Wildman–Crippen MR) is 137 cm³/mol. The van der Waals surface area contributed by atoms with E-state index < -0.39 is 0 Å². The normalized spacial score (nSPS) is 10.7. The molecule has 0 unspecified atom stereocenters. The van der Waals surface area contributed by atoms with Crippen LogP contribution < -0.4 is 6.15 Å². The highest BCUT2D eigenvalue weighted by Gasteiger charge is 2.07. The molecule has 168 valence electrons. The smallest absolute Gasteiger partial charge is 0.0326 e. The molecule has 0 saturated heterocycles. The minimum Gasteiger partial charge on any atom is -0.344 e. The molecule has 0 bridgehead atoms. The van der Waals surface area contributed by atoms with Crippen LogP contribution in [0.4, 0.5) is 0 Å². The molecule has 0 fully saturated rings. The van der Waals surface area contributed by atoms with Crippen LogP contribution >= 0.6 is 24.9 Å². The van der Waals surface area contributed by atoms with Crippen molar-refractivity contribution in [3.8, 4) is 0 Å². The lowest BCUT2D eigenvalue weighted by molar-refractivity contribution is 0.617. The van der Waals surface area contributed by atoms with Crippen LogP contribution in [0.1, 0.15) is 136 Å². The molecule has 0 spiro atoms. The van der Waals surface area contributed by atoms with Crippen LogP contribution in [0.25, 0.3) is 0 Å². The van der Waals surface area contributed by atoms with Gasteiger partial charge in [-0.05, 0) is 37.7 Å². The fourth-order valence-electron chi connectivity index (χ4n) is 3.68. The Hall–Kier alpha value is 0.870. The van der Waals surface area contributed by atoms with Gasteiger partial charge < -0.3 is 6.15 Å². The van der Waals surface area contributed by atoms with E-state index in [4.69, 9.17) is 0 Å². The van der Waals surface area contributed by atoms with E-state index in [0.717, 1.165) is 0 Å². The lowest BCUT2D eigenvalue weighted by Gasteiger charge is -2.18. The molecule has 0 aliphatic heterocycles. The summed E-state index contributed by atoms with van der Waals surface area (Å²) in [4.78, 5) is 0. The zero-order valence-electron chi connectivity index (χ0n) is 19.4. The van der Waals surface area contributed by atoms with E-state index in [1.165, 1.54) is 116 Å². The fraction of sp³-hybridized carbons (Fsp3) is 1.00. The Morgan fingerprint density at radius 2 is 0.593 bits per heavy atom. The van der Waals surface area contributed by atoms with Crippen LogP contribution in [-0.2, 0) is 0 Å². The molecule has 27 heavy (non-hydrogen) atoms. The van der Waals surface area contributed by atoms with Crippen molar-refractivity contribution >= 4 is 24.9 Å². The van der Waals surface area contributed by atoms with E-state index in [2.05, 4.69) is 20.8 Å². The van der Waals surface area contributed by atoms with Gasteiger partial charge in [-0.25, -0.2) is 0 Å². The number of hydrogen-bond acceptors (Lipinski definition) is 1. The summed E-state index contributed by atoms with van der Waals surface area (Å²) in [5.74, 6) is 0. The van der Waals surface area contributed by atoms with E-state index >= 15 is 0 Å². The average Bonchev–Trinajstić information content (AvgIpc) is 2.63. The molecule has 1 nitrogen and oxygen atoms in total. The summed E-state index contributed by atoms with van der Waals surface area (Å²) < 4.78 is 0. The van der Waals surface area contributed by atoms with Crippen molar-refractivity contribution in [1.29, 1.82) is 0 Å². The van der Waals surface area contributed by atoms with Crippen LogP contribution in [-0.4, -0.2) is 18.5 Å². The third-order valence-electron chi connectivity index (χ3n) is 5.48. The largest absolute Gasteiger partial charge is 0.344 e. The Kier molecular flexibility index (Phi) is 35.0. The first-order valence-electron chi connectivity index (χ1n) is 12.1. The highest BCUT2D eigenvalue weighted by molar-refractivity contribution is 8.93. The molecule has 3 N–H and O–H groups in total. The van der Waals surface area contributed by atoms with Crippen LogP contribution in [0.2, 0.25) is 0 Å². The average molecular weight is 469 g/mol. The molecule has 0 atom stereocenters. The van der Waals surface area contributed by atoms with Gasteiger partial charge in [0, 0.05) is 0 Å². The second-order valence-corrected chi connectivity index (χ2v) is 10.8. The highest BCUT2D eigenvalue weighted by Crippen LogP contribution is 2.39. The maximum atomic E-state index is 2.32. The maximum absolute atomic E-state index is 2.32. The molecule has 0 amide bonds. The number of hydrogen-bond donors (Lipinski definition) is 1. The molecular weight excluding hydrogens is 413 g/mol. The third kappa shape index (κ3) is 26.9. The summed E-state index contributed by atoms with van der Waals surface area (Å²) in [7, 11) is 0.366. The van der Waals surface area contributed by atoms with Crippen LogP contribution in [0.5, 0.6) is 0 Å². The topological polar surface area (TPSA) is 35.0 Å². The number of unbranched alkanes of at least 4 members (excludes halogenated alkanes) is 15. The summed E-state index contributed by atoms with van der Waals surface area (Å²) >= 11 is 0. The molecule has 0 radical (unpaired) electrons. The van der Waals surface area contributed by atoms with E-state index in [1.54, 1.807) is 18.5 Å². The van der Waals surface area contributed by atoms with Gasteiger partial charge in [0.15, 0.2) is 0 Å². The second kappa shape index (κ2) is 29.1. The standard InChI is InChI=1S/C24H51P.BrH.H3N/c1-4-7-10-13-16-19-22-25(23-20-17-14-11-8-5-2)24-21-18-15-12-9-6-3;;/h4-24H2,1-3H3;1H;1H3. The first kappa shape index (κ1) is 32.5. The van der Waals surface area contributed by atoms with Crippen molar-refractivity contribution in [1.82, 2.24) is 6.15 Å². The Morgan fingerprint density at radius 3 is 0.852 bits per heavy atom. The molecule has 0 saturated carbocycles. The SMILES string of the molecule is Br.CCCCCCCCP(CCCCCCCC)CCCCCCCC.N. The molecule has 3 heteroatoms. The van der Waals surface area contributed by atoms with Crippen molar-refractivity contribution in [2.45, 2.75) is 136 Å². The third-order valence-corrected chi connectivity index (χ3v) is 8.33. The minimum absolute atomic E-state index is 0. The summed E-state index contributed by atoms with van der Waals surface area (Å²) in [5.41, 5.74) is 0. The lowest BCUT2D eigenvalue weighted by Crippen LogP contribution is -1.97. The first-order chi connectivity index (χ1) is 12.3. The summed E-state index contributed by atoms with van der Waals surface area (Å²) in [5, 5.41) is 0. The van der Waals surface area contributed by atoms with Gasteiger partial charge in [-0.1, -0.05) is 117 Å². The molecule has 0 aromatic carbocycles. The summed E-state index contributed by atoms with van der Waals surface area (Å²) in [6.45, 7) is 6.96. The zero-order chi connectivity index (χ0) is 18.4. The van der Waals surface area contributed by atoms with Gasteiger partial charge in [0.05, 0.1) is 0 Å². The molecule has 0 aromatic heterocycles. The van der Waals surface area contributed by atoms with E-state index in [-0.39, 0.29) is 23.1 Å². The van der Waals surface area contributed by atoms with Gasteiger partial charge in [-0.15, -0.1) is 24.9 Å². The van der Waals surface area contributed by atoms with Gasteiger partial charge in [-0.3, -0.25) is 0 Å². The number of rotatable bonds is 21. The van der Waals surface area contributed by atoms with Gasteiger partial charge >= 0.3 is 0 Å². The molecule has 0 rings (SSSR count). The van der Waals surface area contributed by atoms with E-state index in [9.17, 15) is 0 Å². The first-order valence-corrected chi connectivity index (χ1v) is 14.0. The van der Waals surface area contributed by atoms with Crippen molar-refractivity contribution in [2.24, 2.45) is 0 Å². The predicted octanol–water partition coefficient (Wildman–Crippen LogP) is 10.3. The van der Waals surface area contributed by atoms with Crippen LogP contribution in [0.3, 0.4) is 0 Å². The molecular formula is C24H55BrNP. The molecule has 0 aliphatic rings. The van der Waals surface area contributed by atoms with Crippen molar-refractivity contribution < 1.29 is 0 Å². The fourth-order valence-corrected chi connectivity index (χ4v) is 6.37. The van der Waals surface area contributed by atoms with Crippen molar-refractivity contribution in [3.63, 3.8) is 0 Å². The van der Waals surface area contributed by atoms with Crippen LogP contribution in [0.15, 0.2) is 0 Å². The Labute approximate surface area is 185 Å². The Bertz CT molecular complexity index is 200. The van der Waals surface area contributed by atoms with Crippen molar-refractivity contribution in [2.75, 3.05) is 18.5 Å². The van der Waals surface area contributed by atoms with E-state index in [1.807, 2.05) is 0 Å². The maximum Gasteiger partial charge on any atom is -0.0326 e. The summed E-state index contributed by atoms with van der Waals surface area (Å²) in [6, 6.07) is 0. The highest BCUT2D eigenvalue weighted by atomic mass is 79.9. The van der Waals surface area contributed by atoms with E-state index in [0.29, 0.717) is 7.92 Å². The van der Waals surface area contributed by atoms with Crippen molar-refractivity contribution in [3.05, 3.63) is 0 Å². The Balaban J connectivity index is -0.00000288. The molecule has 0 aromatic rings. The Morgan fingerprint density at radius 1 is 0.370 bits per heavy atom. The van der Waals surface area contributed by atoms with Gasteiger partial charge in [0.25, 0.3) is 0 Å². The monoisotopic (exact) mass is 467 g/mol.